The van der Waals surface area contributed by atoms with E-state index in [4.69, 9.17) is 4.74 Å². The van der Waals surface area contributed by atoms with Crippen molar-refractivity contribution in [2.24, 2.45) is 0 Å². The molecule has 0 aromatic heterocycles. The molecule has 1 rings (SSSR count). The molecule has 0 atom stereocenters. The van der Waals surface area contributed by atoms with Crippen molar-refractivity contribution in [3.63, 3.8) is 0 Å². The van der Waals surface area contributed by atoms with Crippen LogP contribution in [-0.2, 0) is 9.84 Å². The van der Waals surface area contributed by atoms with E-state index < -0.39 is 9.84 Å². The van der Waals surface area contributed by atoms with Crippen LogP contribution >= 0.6 is 0 Å². The minimum Gasteiger partial charge on any atom is -0.494 e. The van der Waals surface area contributed by atoms with Gasteiger partial charge in [-0.1, -0.05) is 6.92 Å². The highest BCUT2D eigenvalue weighted by Crippen LogP contribution is 2.15. The zero-order valence-electron chi connectivity index (χ0n) is 11.0. The fourth-order valence-electron chi connectivity index (χ4n) is 1.50. The highest BCUT2D eigenvalue weighted by molar-refractivity contribution is 7.90. The molecule has 0 aliphatic heterocycles. The molecule has 1 aromatic carbocycles. The maximum atomic E-state index is 11.3. The van der Waals surface area contributed by atoms with Crippen LogP contribution in [0.15, 0.2) is 29.2 Å². The lowest BCUT2D eigenvalue weighted by Gasteiger charge is -2.07. The van der Waals surface area contributed by atoms with E-state index in [-0.39, 0.29) is 0 Å². The van der Waals surface area contributed by atoms with Crippen LogP contribution in [0.4, 0.5) is 0 Å². The molecule has 5 heteroatoms. The van der Waals surface area contributed by atoms with Gasteiger partial charge in [0.15, 0.2) is 9.84 Å². The summed E-state index contributed by atoms with van der Waals surface area (Å²) >= 11 is 0. The van der Waals surface area contributed by atoms with Gasteiger partial charge in [0.1, 0.15) is 5.75 Å². The molecular formula is C13H21NO3S. The van der Waals surface area contributed by atoms with E-state index in [0.717, 1.165) is 25.9 Å². The van der Waals surface area contributed by atoms with Crippen LogP contribution in [-0.4, -0.2) is 34.4 Å². The van der Waals surface area contributed by atoms with E-state index in [0.29, 0.717) is 17.3 Å². The van der Waals surface area contributed by atoms with Crippen molar-refractivity contribution in [3.05, 3.63) is 24.3 Å². The average molecular weight is 271 g/mol. The predicted octanol–water partition coefficient (Wildman–Crippen LogP) is 1.86. The molecule has 0 aliphatic carbocycles. The minimum absolute atomic E-state index is 0.321. The van der Waals surface area contributed by atoms with Crippen molar-refractivity contribution in [3.8, 4) is 5.75 Å². The van der Waals surface area contributed by atoms with Crippen molar-refractivity contribution in [2.75, 3.05) is 26.0 Å². The lowest BCUT2D eigenvalue weighted by atomic mass is 10.3. The molecule has 0 aliphatic rings. The van der Waals surface area contributed by atoms with Gasteiger partial charge < -0.3 is 10.1 Å². The molecule has 0 spiro atoms. The van der Waals surface area contributed by atoms with Gasteiger partial charge in [-0.15, -0.1) is 0 Å². The number of nitrogens with one attached hydrogen (secondary N) is 1. The van der Waals surface area contributed by atoms with Crippen LogP contribution in [0.2, 0.25) is 0 Å². The third-order valence-corrected chi connectivity index (χ3v) is 3.65. The number of hydrogen-bond acceptors (Lipinski definition) is 4. The quantitative estimate of drug-likeness (QED) is 0.733. The first kappa shape index (κ1) is 15.0. The molecule has 0 saturated carbocycles. The summed E-state index contributed by atoms with van der Waals surface area (Å²) in [5.41, 5.74) is 0. The summed E-state index contributed by atoms with van der Waals surface area (Å²) in [5.74, 6) is 0.714. The Morgan fingerprint density at radius 2 is 1.83 bits per heavy atom. The summed E-state index contributed by atoms with van der Waals surface area (Å²) in [6.07, 6.45) is 3.26. The second-order valence-corrected chi connectivity index (χ2v) is 6.17. The number of ether oxygens (including phenoxy) is 1. The zero-order chi connectivity index (χ0) is 13.4. The van der Waals surface area contributed by atoms with Gasteiger partial charge in [-0.2, -0.15) is 0 Å². The maximum Gasteiger partial charge on any atom is 0.175 e. The van der Waals surface area contributed by atoms with Gasteiger partial charge in [0.25, 0.3) is 0 Å². The van der Waals surface area contributed by atoms with E-state index in [1.54, 1.807) is 24.3 Å². The van der Waals surface area contributed by atoms with Crippen LogP contribution < -0.4 is 10.1 Å². The maximum absolute atomic E-state index is 11.3. The molecule has 4 nitrogen and oxygen atoms in total. The molecule has 0 fully saturated rings. The van der Waals surface area contributed by atoms with Gasteiger partial charge >= 0.3 is 0 Å². The number of sulfone groups is 1. The molecule has 0 heterocycles. The number of unbranched alkanes of at least 4 members (excludes halogenated alkanes) is 1. The van der Waals surface area contributed by atoms with Crippen molar-refractivity contribution < 1.29 is 13.2 Å². The van der Waals surface area contributed by atoms with Crippen LogP contribution in [0, 0.1) is 0 Å². The number of benzene rings is 1. The summed E-state index contributed by atoms with van der Waals surface area (Å²) in [4.78, 5) is 0.321. The summed E-state index contributed by atoms with van der Waals surface area (Å²) in [7, 11) is -3.12. The minimum atomic E-state index is -3.12. The highest BCUT2D eigenvalue weighted by Gasteiger charge is 2.06. The van der Waals surface area contributed by atoms with Gasteiger partial charge in [-0.05, 0) is 50.2 Å². The molecule has 0 bridgehead atoms. The lowest BCUT2D eigenvalue weighted by Crippen LogP contribution is -2.14. The van der Waals surface area contributed by atoms with Crippen LogP contribution in [0.1, 0.15) is 19.8 Å². The van der Waals surface area contributed by atoms with Crippen molar-refractivity contribution in [2.45, 2.75) is 24.7 Å². The van der Waals surface area contributed by atoms with Crippen molar-refractivity contribution in [1.29, 1.82) is 0 Å². The molecule has 0 amide bonds. The molecule has 0 radical (unpaired) electrons. The molecule has 1 N–H and O–H groups in total. The van der Waals surface area contributed by atoms with E-state index in [1.807, 2.05) is 0 Å². The van der Waals surface area contributed by atoms with Gasteiger partial charge in [-0.3, -0.25) is 0 Å². The Morgan fingerprint density at radius 3 is 2.39 bits per heavy atom. The highest BCUT2D eigenvalue weighted by atomic mass is 32.2. The summed E-state index contributed by atoms with van der Waals surface area (Å²) in [6.45, 7) is 4.74. The van der Waals surface area contributed by atoms with E-state index in [2.05, 4.69) is 12.2 Å². The SMILES string of the molecule is CCNCCCCOc1ccc(S(C)(=O)=O)cc1. The summed E-state index contributed by atoms with van der Waals surface area (Å²) in [6, 6.07) is 6.54. The molecule has 102 valence electrons. The Balaban J connectivity index is 2.32. The third-order valence-electron chi connectivity index (χ3n) is 2.52. The summed E-state index contributed by atoms with van der Waals surface area (Å²) < 4.78 is 28.0. The van der Waals surface area contributed by atoms with Crippen LogP contribution in [0.3, 0.4) is 0 Å². The molecule has 0 unspecified atom stereocenters. The lowest BCUT2D eigenvalue weighted by molar-refractivity contribution is 0.306. The van der Waals surface area contributed by atoms with Crippen LogP contribution in [0.25, 0.3) is 0 Å². The number of hydrogen-bond donors (Lipinski definition) is 1. The monoisotopic (exact) mass is 271 g/mol. The Hall–Kier alpha value is -1.07. The van der Waals surface area contributed by atoms with E-state index >= 15 is 0 Å². The van der Waals surface area contributed by atoms with E-state index in [1.165, 1.54) is 6.26 Å². The van der Waals surface area contributed by atoms with Gasteiger partial charge in [0.05, 0.1) is 11.5 Å². The Kier molecular flexibility index (Phi) is 6.15. The number of rotatable bonds is 8. The Bertz CT molecular complexity index is 440. The molecule has 1 aromatic rings. The third kappa shape index (κ3) is 5.51. The second-order valence-electron chi connectivity index (χ2n) is 4.15. The smallest absolute Gasteiger partial charge is 0.175 e. The summed E-state index contributed by atoms with van der Waals surface area (Å²) in [5, 5.41) is 3.25. The van der Waals surface area contributed by atoms with Crippen molar-refractivity contribution in [1.82, 2.24) is 5.32 Å². The predicted molar refractivity (Wildman–Crippen MR) is 72.8 cm³/mol. The largest absolute Gasteiger partial charge is 0.494 e. The fraction of sp³-hybridized carbons (Fsp3) is 0.538. The Morgan fingerprint density at radius 1 is 1.17 bits per heavy atom. The first-order valence-corrected chi connectivity index (χ1v) is 8.07. The van der Waals surface area contributed by atoms with E-state index in [9.17, 15) is 8.42 Å². The standard InChI is InChI=1S/C13H21NO3S/c1-3-14-10-4-5-11-17-12-6-8-13(9-7-12)18(2,15)16/h6-9,14H,3-5,10-11H2,1-2H3. The average Bonchev–Trinajstić information content (AvgIpc) is 2.33. The fourth-order valence-corrected chi connectivity index (χ4v) is 2.13. The van der Waals surface area contributed by atoms with Crippen LogP contribution in [0.5, 0.6) is 5.75 Å². The van der Waals surface area contributed by atoms with Gasteiger partial charge in [0.2, 0.25) is 0 Å². The molecule has 18 heavy (non-hydrogen) atoms. The molecule has 0 saturated heterocycles. The van der Waals surface area contributed by atoms with Gasteiger partial charge in [0, 0.05) is 6.26 Å². The van der Waals surface area contributed by atoms with Crippen molar-refractivity contribution >= 4 is 9.84 Å². The first-order chi connectivity index (χ1) is 8.54. The zero-order valence-corrected chi connectivity index (χ0v) is 11.8. The Labute approximate surface area is 109 Å². The van der Waals surface area contributed by atoms with Gasteiger partial charge in [-0.25, -0.2) is 8.42 Å². The second kappa shape index (κ2) is 7.38. The topological polar surface area (TPSA) is 55.4 Å². The molecular weight excluding hydrogens is 250 g/mol. The normalized spacial score (nSPS) is 11.4. The first-order valence-electron chi connectivity index (χ1n) is 6.17.